The lowest BCUT2D eigenvalue weighted by Gasteiger charge is -1.98. The molecule has 0 aliphatic heterocycles. The summed E-state index contributed by atoms with van der Waals surface area (Å²) in [5.41, 5.74) is 2.39. The van der Waals surface area contributed by atoms with E-state index in [0.717, 1.165) is 16.3 Å². The predicted octanol–water partition coefficient (Wildman–Crippen LogP) is 2.16. The molecular weight excluding hydrogens is 272 g/mol. The van der Waals surface area contributed by atoms with Gasteiger partial charge in [-0.1, -0.05) is 0 Å². The minimum Gasteiger partial charge on any atom is -0.263 e. The molecule has 0 spiro atoms. The Morgan fingerprint density at radius 1 is 1.30 bits per heavy atom. The van der Waals surface area contributed by atoms with Gasteiger partial charge in [0, 0.05) is 28.7 Å². The first-order chi connectivity index (χ1) is 9.67. The molecule has 0 aliphatic rings. The van der Waals surface area contributed by atoms with E-state index in [2.05, 4.69) is 26.1 Å². The van der Waals surface area contributed by atoms with E-state index in [1.807, 2.05) is 19.9 Å². The number of hydrogen-bond acceptors (Lipinski definition) is 6. The summed E-state index contributed by atoms with van der Waals surface area (Å²) in [5.74, 6) is 0.567. The van der Waals surface area contributed by atoms with Gasteiger partial charge in [0.05, 0.1) is 5.56 Å². The van der Waals surface area contributed by atoms with Gasteiger partial charge in [-0.25, -0.2) is 9.50 Å². The Bertz CT molecular complexity index is 832. The molecule has 0 unspecified atom stereocenters. The van der Waals surface area contributed by atoms with E-state index in [1.54, 1.807) is 16.8 Å². The monoisotopic (exact) mass is 282 g/mol. The second-order valence-corrected chi connectivity index (χ2v) is 5.24. The summed E-state index contributed by atoms with van der Waals surface area (Å²) >= 11 is 1.33. The van der Waals surface area contributed by atoms with E-state index in [1.165, 1.54) is 18.0 Å². The summed E-state index contributed by atoms with van der Waals surface area (Å²) in [6, 6.07) is 5.83. The van der Waals surface area contributed by atoms with Gasteiger partial charge in [-0.2, -0.15) is 10.2 Å². The summed E-state index contributed by atoms with van der Waals surface area (Å²) in [6.45, 7) is 3.88. The third-order valence-electron chi connectivity index (χ3n) is 2.70. The van der Waals surface area contributed by atoms with Gasteiger partial charge in [0.2, 0.25) is 5.16 Å². The molecule has 3 aromatic rings. The number of aryl methyl sites for hydroxylation is 2. The second kappa shape index (κ2) is 4.90. The smallest absolute Gasteiger partial charge is 0.253 e. The van der Waals surface area contributed by atoms with Gasteiger partial charge < -0.3 is 0 Å². The third-order valence-corrected chi connectivity index (χ3v) is 3.63. The van der Waals surface area contributed by atoms with Crippen molar-refractivity contribution >= 4 is 17.5 Å². The standard InChI is InChI=1S/C13H10N6S/c1-8-5-9(2)19-12(16-8)17-13(18-19)20-11-3-4-15-7-10(11)6-14/h3-5,7H,1-2H3. The van der Waals surface area contributed by atoms with Crippen LogP contribution in [-0.4, -0.2) is 24.6 Å². The second-order valence-electron chi connectivity index (χ2n) is 4.23. The number of pyridine rings is 1. The van der Waals surface area contributed by atoms with Crippen molar-refractivity contribution in [3.05, 3.63) is 41.5 Å². The lowest BCUT2D eigenvalue weighted by atomic mass is 10.3. The first kappa shape index (κ1) is 12.6. The SMILES string of the molecule is Cc1cc(C)n2nc(Sc3ccncc3C#N)nc2n1. The maximum absolute atomic E-state index is 9.06. The lowest BCUT2D eigenvalue weighted by molar-refractivity contribution is 0.843. The zero-order valence-corrected chi connectivity index (χ0v) is 11.7. The molecular formula is C13H10N6S. The normalized spacial score (nSPS) is 10.7. The Balaban J connectivity index is 2.04. The van der Waals surface area contributed by atoms with Crippen molar-refractivity contribution in [3.8, 4) is 6.07 Å². The molecule has 0 saturated heterocycles. The highest BCUT2D eigenvalue weighted by Gasteiger charge is 2.11. The fourth-order valence-electron chi connectivity index (χ4n) is 1.84. The summed E-state index contributed by atoms with van der Waals surface area (Å²) in [6.07, 6.45) is 3.18. The van der Waals surface area contributed by atoms with Crippen molar-refractivity contribution in [3.63, 3.8) is 0 Å². The van der Waals surface area contributed by atoms with Crippen LogP contribution in [0.15, 0.2) is 34.6 Å². The first-order valence-corrected chi connectivity index (χ1v) is 6.72. The first-order valence-electron chi connectivity index (χ1n) is 5.90. The number of aromatic nitrogens is 5. The predicted molar refractivity (Wildman–Crippen MR) is 73.3 cm³/mol. The van der Waals surface area contributed by atoms with Crippen LogP contribution in [0.25, 0.3) is 5.78 Å². The molecule has 0 radical (unpaired) electrons. The average Bonchev–Trinajstić information content (AvgIpc) is 2.82. The summed E-state index contributed by atoms with van der Waals surface area (Å²) in [5, 5.41) is 14.0. The van der Waals surface area contributed by atoms with Crippen molar-refractivity contribution < 1.29 is 0 Å². The van der Waals surface area contributed by atoms with Crippen LogP contribution in [0.1, 0.15) is 17.0 Å². The molecule has 3 rings (SSSR count). The van der Waals surface area contributed by atoms with Crippen molar-refractivity contribution in [2.75, 3.05) is 0 Å². The Morgan fingerprint density at radius 3 is 2.95 bits per heavy atom. The molecule has 98 valence electrons. The fraction of sp³-hybridized carbons (Fsp3) is 0.154. The Morgan fingerprint density at radius 2 is 2.15 bits per heavy atom. The molecule has 0 bridgehead atoms. The molecule has 3 heterocycles. The zero-order chi connectivity index (χ0) is 14.1. The van der Waals surface area contributed by atoms with Crippen LogP contribution in [0.5, 0.6) is 0 Å². The molecule has 7 heteroatoms. The van der Waals surface area contributed by atoms with Gasteiger partial charge in [-0.05, 0) is 37.7 Å². The number of rotatable bonds is 2. The van der Waals surface area contributed by atoms with E-state index in [4.69, 9.17) is 5.26 Å². The molecule has 6 nitrogen and oxygen atoms in total. The molecule has 0 N–H and O–H groups in total. The van der Waals surface area contributed by atoms with Crippen LogP contribution in [0.2, 0.25) is 0 Å². The van der Waals surface area contributed by atoms with Crippen LogP contribution >= 0.6 is 11.8 Å². The quantitative estimate of drug-likeness (QED) is 0.716. The number of hydrogen-bond donors (Lipinski definition) is 0. The Labute approximate surface area is 119 Å². The number of nitriles is 1. The Hall–Kier alpha value is -2.46. The summed E-state index contributed by atoms with van der Waals surface area (Å²) in [7, 11) is 0. The summed E-state index contributed by atoms with van der Waals surface area (Å²) < 4.78 is 1.70. The maximum Gasteiger partial charge on any atom is 0.253 e. The number of nitrogens with zero attached hydrogens (tertiary/aromatic N) is 6. The average molecular weight is 282 g/mol. The van der Waals surface area contributed by atoms with Crippen LogP contribution in [0.4, 0.5) is 0 Å². The largest absolute Gasteiger partial charge is 0.263 e. The molecule has 0 atom stereocenters. The molecule has 20 heavy (non-hydrogen) atoms. The molecule has 0 aliphatic carbocycles. The van der Waals surface area contributed by atoms with Gasteiger partial charge >= 0.3 is 0 Å². The van der Waals surface area contributed by atoms with E-state index in [-0.39, 0.29) is 0 Å². The van der Waals surface area contributed by atoms with E-state index in [0.29, 0.717) is 16.5 Å². The van der Waals surface area contributed by atoms with Crippen LogP contribution < -0.4 is 0 Å². The molecule has 3 aromatic heterocycles. The maximum atomic E-state index is 9.06. The minimum atomic E-state index is 0.511. The topological polar surface area (TPSA) is 79.8 Å². The molecule has 0 aromatic carbocycles. The lowest BCUT2D eigenvalue weighted by Crippen LogP contribution is -1.97. The highest BCUT2D eigenvalue weighted by atomic mass is 32.2. The van der Waals surface area contributed by atoms with Crippen LogP contribution in [0, 0.1) is 25.2 Å². The number of fused-ring (bicyclic) bond motifs is 1. The van der Waals surface area contributed by atoms with E-state index >= 15 is 0 Å². The fourth-order valence-corrected chi connectivity index (χ4v) is 2.63. The van der Waals surface area contributed by atoms with Crippen molar-refractivity contribution in [1.29, 1.82) is 5.26 Å². The van der Waals surface area contributed by atoms with Gasteiger partial charge in [-0.3, -0.25) is 4.98 Å². The van der Waals surface area contributed by atoms with E-state index in [9.17, 15) is 0 Å². The molecule has 0 amide bonds. The van der Waals surface area contributed by atoms with Gasteiger partial charge in [0.15, 0.2) is 0 Å². The van der Waals surface area contributed by atoms with Crippen molar-refractivity contribution in [2.45, 2.75) is 23.9 Å². The van der Waals surface area contributed by atoms with Gasteiger partial charge in [0.25, 0.3) is 5.78 Å². The van der Waals surface area contributed by atoms with Crippen LogP contribution in [-0.2, 0) is 0 Å². The highest BCUT2D eigenvalue weighted by Crippen LogP contribution is 2.27. The van der Waals surface area contributed by atoms with Gasteiger partial charge in [-0.15, -0.1) is 5.10 Å². The molecule has 0 fully saturated rings. The van der Waals surface area contributed by atoms with Gasteiger partial charge in [0.1, 0.15) is 6.07 Å². The third kappa shape index (κ3) is 2.21. The van der Waals surface area contributed by atoms with Crippen LogP contribution in [0.3, 0.4) is 0 Å². The van der Waals surface area contributed by atoms with Crippen molar-refractivity contribution in [2.24, 2.45) is 0 Å². The molecule has 0 saturated carbocycles. The van der Waals surface area contributed by atoms with E-state index < -0.39 is 0 Å². The highest BCUT2D eigenvalue weighted by molar-refractivity contribution is 7.99. The Kier molecular flexibility index (Phi) is 3.08. The zero-order valence-electron chi connectivity index (χ0n) is 10.9. The summed E-state index contributed by atoms with van der Waals surface area (Å²) in [4.78, 5) is 13.4. The minimum absolute atomic E-state index is 0.511. The van der Waals surface area contributed by atoms with Crippen molar-refractivity contribution in [1.82, 2.24) is 24.6 Å².